The van der Waals surface area contributed by atoms with E-state index in [2.05, 4.69) is 0 Å². The lowest BCUT2D eigenvalue weighted by Crippen LogP contribution is -2.29. The summed E-state index contributed by atoms with van der Waals surface area (Å²) >= 11 is 6.85. The molecule has 146 valence electrons. The Morgan fingerprint density at radius 1 is 1.11 bits per heavy atom. The molecule has 3 rings (SSSR count). The summed E-state index contributed by atoms with van der Waals surface area (Å²) < 4.78 is 10.9. The van der Waals surface area contributed by atoms with Gasteiger partial charge in [0.1, 0.15) is 12.4 Å². The predicted molar refractivity (Wildman–Crippen MR) is 111 cm³/mol. The third kappa shape index (κ3) is 5.16. The third-order valence-electron chi connectivity index (χ3n) is 4.12. The van der Waals surface area contributed by atoms with Gasteiger partial charge < -0.3 is 9.47 Å². The fourth-order valence-corrected chi connectivity index (χ4v) is 3.66. The molecule has 5 nitrogen and oxygen atoms in total. The van der Waals surface area contributed by atoms with E-state index in [1.165, 1.54) is 4.90 Å². The number of para-hydroxylation sites is 1. The molecule has 0 radical (unpaired) electrons. The van der Waals surface area contributed by atoms with Crippen LogP contribution in [0.1, 0.15) is 17.5 Å². The molecule has 0 bridgehead atoms. The molecule has 1 heterocycles. The predicted octanol–water partition coefficient (Wildman–Crippen LogP) is 4.99. The number of methoxy groups -OCH3 is 1. The first-order valence-corrected chi connectivity index (χ1v) is 9.98. The van der Waals surface area contributed by atoms with Gasteiger partial charge in [0.15, 0.2) is 0 Å². The molecule has 1 fully saturated rings. The second-order valence-electron chi connectivity index (χ2n) is 6.13. The van der Waals surface area contributed by atoms with Crippen LogP contribution >= 0.6 is 23.4 Å². The summed E-state index contributed by atoms with van der Waals surface area (Å²) in [5.74, 6) is 0.363. The molecule has 1 saturated heterocycles. The van der Waals surface area contributed by atoms with Crippen LogP contribution in [0, 0.1) is 0 Å². The van der Waals surface area contributed by atoms with E-state index in [0.29, 0.717) is 41.9 Å². The first kappa shape index (κ1) is 20.5. The van der Waals surface area contributed by atoms with Crippen LogP contribution in [0.15, 0.2) is 53.4 Å². The molecule has 2 aromatic rings. The molecule has 0 aromatic heterocycles. The second kappa shape index (κ2) is 9.78. The zero-order valence-electron chi connectivity index (χ0n) is 15.4. The highest BCUT2D eigenvalue weighted by Gasteiger charge is 2.34. The van der Waals surface area contributed by atoms with Crippen LogP contribution in [-0.2, 0) is 16.1 Å². The van der Waals surface area contributed by atoms with E-state index in [9.17, 15) is 9.59 Å². The molecule has 0 spiro atoms. The summed E-state index contributed by atoms with van der Waals surface area (Å²) in [7, 11) is 1.59. The van der Waals surface area contributed by atoms with Crippen molar-refractivity contribution in [2.24, 2.45) is 0 Å². The number of carbonyl (C=O) groups is 2. The Balaban J connectivity index is 1.72. The summed E-state index contributed by atoms with van der Waals surface area (Å²) in [6.07, 6.45) is 2.32. The highest BCUT2D eigenvalue weighted by Crippen LogP contribution is 2.34. The average Bonchev–Trinajstić information content (AvgIpc) is 2.96. The molecule has 0 atom stereocenters. The zero-order valence-corrected chi connectivity index (χ0v) is 17.0. The van der Waals surface area contributed by atoms with Crippen LogP contribution in [-0.4, -0.2) is 36.3 Å². The highest BCUT2D eigenvalue weighted by atomic mass is 35.5. The van der Waals surface area contributed by atoms with Gasteiger partial charge in [-0.25, -0.2) is 0 Å². The molecule has 28 heavy (non-hydrogen) atoms. The summed E-state index contributed by atoms with van der Waals surface area (Å²) in [6, 6.07) is 14.8. The maximum atomic E-state index is 12.6. The Labute approximate surface area is 173 Å². The van der Waals surface area contributed by atoms with Gasteiger partial charge in [0.25, 0.3) is 11.1 Å². The van der Waals surface area contributed by atoms with Gasteiger partial charge >= 0.3 is 0 Å². The standard InChI is InChI=1S/C21H20ClNO4S/c1-26-12-4-11-23-20(24)19(28-21(23)25)13-16-5-2-3-6-18(16)27-14-15-7-9-17(22)10-8-15/h2-3,5-10,13H,4,11-12,14H2,1H3/b19-13+. The summed E-state index contributed by atoms with van der Waals surface area (Å²) in [6.45, 7) is 1.23. The number of halogens is 1. The van der Waals surface area contributed by atoms with Crippen molar-refractivity contribution in [2.75, 3.05) is 20.3 Å². The van der Waals surface area contributed by atoms with Gasteiger partial charge in [0, 0.05) is 30.8 Å². The Kier molecular flexibility index (Phi) is 7.14. The van der Waals surface area contributed by atoms with Crippen molar-refractivity contribution in [3.05, 3.63) is 69.6 Å². The van der Waals surface area contributed by atoms with Crippen molar-refractivity contribution >= 4 is 40.6 Å². The topological polar surface area (TPSA) is 55.8 Å². The molecule has 1 aliphatic heterocycles. The van der Waals surface area contributed by atoms with Crippen molar-refractivity contribution in [3.8, 4) is 5.75 Å². The number of nitrogens with zero attached hydrogens (tertiary/aromatic N) is 1. The monoisotopic (exact) mass is 417 g/mol. The van der Waals surface area contributed by atoms with Gasteiger partial charge in [-0.3, -0.25) is 14.5 Å². The molecule has 2 amide bonds. The van der Waals surface area contributed by atoms with Crippen molar-refractivity contribution in [3.63, 3.8) is 0 Å². The fourth-order valence-electron chi connectivity index (χ4n) is 2.67. The summed E-state index contributed by atoms with van der Waals surface area (Å²) in [5.41, 5.74) is 1.73. The van der Waals surface area contributed by atoms with E-state index in [-0.39, 0.29) is 11.1 Å². The first-order valence-electron chi connectivity index (χ1n) is 8.79. The van der Waals surface area contributed by atoms with E-state index >= 15 is 0 Å². The van der Waals surface area contributed by atoms with Crippen LogP contribution in [0.4, 0.5) is 4.79 Å². The molecule has 1 aliphatic rings. The average molecular weight is 418 g/mol. The summed E-state index contributed by atoms with van der Waals surface area (Å²) in [4.78, 5) is 26.4. The minimum atomic E-state index is -0.279. The van der Waals surface area contributed by atoms with E-state index < -0.39 is 0 Å². The molecule has 0 unspecified atom stereocenters. The maximum Gasteiger partial charge on any atom is 0.293 e. The smallest absolute Gasteiger partial charge is 0.293 e. The number of hydrogen-bond acceptors (Lipinski definition) is 5. The molecule has 7 heteroatoms. The van der Waals surface area contributed by atoms with Gasteiger partial charge in [-0.15, -0.1) is 0 Å². The minimum Gasteiger partial charge on any atom is -0.488 e. The van der Waals surface area contributed by atoms with E-state index in [1.54, 1.807) is 13.2 Å². The van der Waals surface area contributed by atoms with Crippen LogP contribution in [0.2, 0.25) is 5.02 Å². The van der Waals surface area contributed by atoms with E-state index in [0.717, 1.165) is 22.9 Å². The quantitative estimate of drug-likeness (QED) is 0.447. The van der Waals surface area contributed by atoms with Crippen molar-refractivity contribution in [1.29, 1.82) is 0 Å². The molecular weight excluding hydrogens is 398 g/mol. The Bertz CT molecular complexity index is 882. The van der Waals surface area contributed by atoms with Crippen LogP contribution < -0.4 is 4.74 Å². The molecule has 2 aromatic carbocycles. The van der Waals surface area contributed by atoms with Gasteiger partial charge in [-0.2, -0.15) is 0 Å². The van der Waals surface area contributed by atoms with Crippen LogP contribution in [0.25, 0.3) is 6.08 Å². The van der Waals surface area contributed by atoms with E-state index in [4.69, 9.17) is 21.1 Å². The zero-order chi connectivity index (χ0) is 19.9. The molecule has 0 aliphatic carbocycles. The number of hydrogen-bond donors (Lipinski definition) is 0. The van der Waals surface area contributed by atoms with Crippen molar-refractivity contribution in [1.82, 2.24) is 4.90 Å². The van der Waals surface area contributed by atoms with Crippen LogP contribution in [0.5, 0.6) is 5.75 Å². The normalized spacial score (nSPS) is 15.5. The van der Waals surface area contributed by atoms with Gasteiger partial charge in [-0.05, 0) is 48.0 Å². The number of amides is 2. The number of rotatable bonds is 8. The lowest BCUT2D eigenvalue weighted by molar-refractivity contribution is -0.122. The van der Waals surface area contributed by atoms with Gasteiger partial charge in [0.2, 0.25) is 0 Å². The fraction of sp³-hybridized carbons (Fsp3) is 0.238. The number of ether oxygens (including phenoxy) is 2. The number of carbonyl (C=O) groups excluding carboxylic acids is 2. The van der Waals surface area contributed by atoms with Crippen molar-refractivity contribution < 1.29 is 19.1 Å². The first-order chi connectivity index (χ1) is 13.6. The Morgan fingerprint density at radius 2 is 1.86 bits per heavy atom. The molecule has 0 saturated carbocycles. The van der Waals surface area contributed by atoms with Crippen molar-refractivity contribution in [2.45, 2.75) is 13.0 Å². The molecule has 0 N–H and O–H groups in total. The van der Waals surface area contributed by atoms with E-state index in [1.807, 2.05) is 48.5 Å². The third-order valence-corrected chi connectivity index (χ3v) is 5.28. The van der Waals surface area contributed by atoms with Crippen LogP contribution in [0.3, 0.4) is 0 Å². The highest BCUT2D eigenvalue weighted by molar-refractivity contribution is 8.18. The Hall–Kier alpha value is -2.28. The maximum absolute atomic E-state index is 12.6. The lowest BCUT2D eigenvalue weighted by atomic mass is 10.1. The summed E-state index contributed by atoms with van der Waals surface area (Å²) in [5, 5.41) is 0.414. The number of benzene rings is 2. The number of imide groups is 1. The molecular formula is C21H20ClNO4S. The largest absolute Gasteiger partial charge is 0.488 e. The lowest BCUT2D eigenvalue weighted by Gasteiger charge is -2.11. The number of thioether (sulfide) groups is 1. The minimum absolute atomic E-state index is 0.257. The van der Waals surface area contributed by atoms with Gasteiger partial charge in [-0.1, -0.05) is 41.9 Å². The van der Waals surface area contributed by atoms with Gasteiger partial charge in [0.05, 0.1) is 4.91 Å². The Morgan fingerprint density at radius 3 is 2.61 bits per heavy atom. The SMILES string of the molecule is COCCCN1C(=O)S/C(=C/c2ccccc2OCc2ccc(Cl)cc2)C1=O. The second-order valence-corrected chi connectivity index (χ2v) is 7.56.